The molecule has 1 spiro atoms. The van der Waals surface area contributed by atoms with Crippen LogP contribution in [0.25, 0.3) is 0 Å². The lowest BCUT2D eigenvalue weighted by Crippen LogP contribution is -2.17. The van der Waals surface area contributed by atoms with Crippen LogP contribution in [0.5, 0.6) is 0 Å². The Morgan fingerprint density at radius 2 is 2.09 bits per heavy atom. The minimum Gasteiger partial charge on any atom is -0.0876 e. The Bertz CT molecular complexity index is 205. The molecule has 0 unspecified atom stereocenters. The quantitative estimate of drug-likeness (QED) is 0.462. The zero-order chi connectivity index (χ0) is 7.73. The van der Waals surface area contributed by atoms with Crippen LogP contribution in [0.4, 0.5) is 0 Å². The van der Waals surface area contributed by atoms with Gasteiger partial charge in [-0.25, -0.2) is 0 Å². The highest BCUT2D eigenvalue weighted by Crippen LogP contribution is 2.43. The van der Waals surface area contributed by atoms with Gasteiger partial charge >= 0.3 is 0 Å². The summed E-state index contributed by atoms with van der Waals surface area (Å²) in [6.07, 6.45) is 14.0. The standard InChI is InChI=1S/C11H16.H2/c1-10-5-4-8-11(9-10)6-2-3-7-11;/h2-3,9H,4-8H2,1H3;1H. The fourth-order valence-electron chi connectivity index (χ4n) is 2.43. The SMILES string of the molecule is CC1=CC2(CC=CC2)CCC1.[HH]. The summed E-state index contributed by atoms with van der Waals surface area (Å²) in [7, 11) is 0. The molecule has 2 rings (SSSR count). The Balaban J connectivity index is 0.000000720. The number of hydrogen-bond acceptors (Lipinski definition) is 0. The van der Waals surface area contributed by atoms with E-state index in [1.165, 1.54) is 32.1 Å². The fourth-order valence-corrected chi connectivity index (χ4v) is 2.43. The van der Waals surface area contributed by atoms with Crippen molar-refractivity contribution >= 4 is 0 Å². The lowest BCUT2D eigenvalue weighted by atomic mass is 9.75. The zero-order valence-corrected chi connectivity index (χ0v) is 7.27. The van der Waals surface area contributed by atoms with Crippen molar-refractivity contribution < 1.29 is 1.43 Å². The van der Waals surface area contributed by atoms with Crippen molar-refractivity contribution in [3.05, 3.63) is 23.8 Å². The topological polar surface area (TPSA) is 0 Å². The third kappa shape index (κ3) is 1.26. The van der Waals surface area contributed by atoms with Crippen LogP contribution in [0.15, 0.2) is 23.8 Å². The summed E-state index contributed by atoms with van der Waals surface area (Å²) in [6, 6.07) is 0. The van der Waals surface area contributed by atoms with Gasteiger partial charge in [0, 0.05) is 1.43 Å². The number of allylic oxidation sites excluding steroid dienone is 4. The van der Waals surface area contributed by atoms with Crippen molar-refractivity contribution in [2.75, 3.05) is 0 Å². The van der Waals surface area contributed by atoms with Gasteiger partial charge in [0.1, 0.15) is 0 Å². The van der Waals surface area contributed by atoms with Crippen LogP contribution in [-0.2, 0) is 0 Å². The molecule has 0 radical (unpaired) electrons. The molecule has 0 bridgehead atoms. The van der Waals surface area contributed by atoms with E-state index in [9.17, 15) is 0 Å². The minimum atomic E-state index is 0. The molecule has 0 fully saturated rings. The van der Waals surface area contributed by atoms with E-state index < -0.39 is 0 Å². The zero-order valence-electron chi connectivity index (χ0n) is 7.27. The molecular formula is C11H18. The van der Waals surface area contributed by atoms with E-state index >= 15 is 0 Å². The van der Waals surface area contributed by atoms with Gasteiger partial charge in [-0.2, -0.15) is 0 Å². The third-order valence-electron chi connectivity index (χ3n) is 3.01. The first kappa shape index (κ1) is 7.15. The van der Waals surface area contributed by atoms with Crippen molar-refractivity contribution in [3.8, 4) is 0 Å². The van der Waals surface area contributed by atoms with Gasteiger partial charge in [0.15, 0.2) is 0 Å². The molecule has 0 saturated heterocycles. The van der Waals surface area contributed by atoms with Gasteiger partial charge in [0.2, 0.25) is 0 Å². The monoisotopic (exact) mass is 150 g/mol. The van der Waals surface area contributed by atoms with E-state index in [1.807, 2.05) is 0 Å². The van der Waals surface area contributed by atoms with Gasteiger partial charge in [0.25, 0.3) is 0 Å². The van der Waals surface area contributed by atoms with Crippen LogP contribution in [0.1, 0.15) is 40.5 Å². The summed E-state index contributed by atoms with van der Waals surface area (Å²) in [5.74, 6) is 0. The molecule has 0 aliphatic heterocycles. The summed E-state index contributed by atoms with van der Waals surface area (Å²) in [4.78, 5) is 0. The molecule has 0 aromatic heterocycles. The average molecular weight is 150 g/mol. The van der Waals surface area contributed by atoms with Crippen LogP contribution in [0.3, 0.4) is 0 Å². The maximum Gasteiger partial charge on any atom is 0 e. The van der Waals surface area contributed by atoms with E-state index in [2.05, 4.69) is 25.2 Å². The van der Waals surface area contributed by atoms with Crippen LogP contribution in [-0.4, -0.2) is 0 Å². The van der Waals surface area contributed by atoms with Crippen LogP contribution >= 0.6 is 0 Å². The molecule has 2 aliphatic carbocycles. The molecule has 11 heavy (non-hydrogen) atoms. The molecule has 0 aromatic rings. The van der Waals surface area contributed by atoms with Crippen molar-refractivity contribution in [1.82, 2.24) is 0 Å². The summed E-state index contributed by atoms with van der Waals surface area (Å²) in [6.45, 7) is 2.28. The van der Waals surface area contributed by atoms with Crippen molar-refractivity contribution in [1.29, 1.82) is 0 Å². The van der Waals surface area contributed by atoms with E-state index in [-0.39, 0.29) is 1.43 Å². The highest BCUT2D eigenvalue weighted by atomic mass is 14.3. The molecule has 0 nitrogen and oxygen atoms in total. The van der Waals surface area contributed by atoms with Gasteiger partial charge in [-0.05, 0) is 44.4 Å². The van der Waals surface area contributed by atoms with E-state index in [0.29, 0.717) is 5.41 Å². The van der Waals surface area contributed by atoms with Gasteiger partial charge in [-0.15, -0.1) is 0 Å². The second kappa shape index (κ2) is 2.51. The number of hydrogen-bond donors (Lipinski definition) is 0. The van der Waals surface area contributed by atoms with E-state index in [1.54, 1.807) is 5.57 Å². The lowest BCUT2D eigenvalue weighted by Gasteiger charge is -2.30. The normalized spacial score (nSPS) is 27.5. The molecule has 0 saturated carbocycles. The molecular weight excluding hydrogens is 132 g/mol. The first-order valence-electron chi connectivity index (χ1n) is 4.64. The second-order valence-corrected chi connectivity index (χ2v) is 4.09. The number of rotatable bonds is 0. The highest BCUT2D eigenvalue weighted by Gasteiger charge is 2.30. The molecule has 2 aliphatic rings. The van der Waals surface area contributed by atoms with Crippen LogP contribution in [0.2, 0.25) is 0 Å². The second-order valence-electron chi connectivity index (χ2n) is 4.09. The minimum absolute atomic E-state index is 0. The highest BCUT2D eigenvalue weighted by molar-refractivity contribution is 5.18. The van der Waals surface area contributed by atoms with Crippen molar-refractivity contribution in [2.45, 2.75) is 39.0 Å². The summed E-state index contributed by atoms with van der Waals surface area (Å²) in [5.41, 5.74) is 2.18. The van der Waals surface area contributed by atoms with Crippen molar-refractivity contribution in [3.63, 3.8) is 0 Å². The maximum absolute atomic E-state index is 2.52. The summed E-state index contributed by atoms with van der Waals surface area (Å²) in [5, 5.41) is 0. The molecule has 0 atom stereocenters. The Morgan fingerprint density at radius 3 is 2.73 bits per heavy atom. The fraction of sp³-hybridized carbons (Fsp3) is 0.636. The van der Waals surface area contributed by atoms with Gasteiger partial charge in [-0.1, -0.05) is 23.8 Å². The third-order valence-corrected chi connectivity index (χ3v) is 3.01. The molecule has 0 aromatic carbocycles. The maximum atomic E-state index is 2.52. The van der Waals surface area contributed by atoms with Crippen molar-refractivity contribution in [2.24, 2.45) is 5.41 Å². The Labute approximate surface area is 70.5 Å². The summed E-state index contributed by atoms with van der Waals surface area (Å²) >= 11 is 0. The largest absolute Gasteiger partial charge is 0.0876 e. The molecule has 0 heteroatoms. The molecule has 0 N–H and O–H groups in total. The van der Waals surface area contributed by atoms with E-state index in [4.69, 9.17) is 0 Å². The average Bonchev–Trinajstić information content (AvgIpc) is 2.37. The molecule has 62 valence electrons. The van der Waals surface area contributed by atoms with E-state index in [0.717, 1.165) is 0 Å². The first-order chi connectivity index (χ1) is 5.31. The van der Waals surface area contributed by atoms with Crippen LogP contribution in [0, 0.1) is 5.41 Å². The Kier molecular flexibility index (Phi) is 1.63. The van der Waals surface area contributed by atoms with Gasteiger partial charge < -0.3 is 0 Å². The van der Waals surface area contributed by atoms with Gasteiger partial charge in [0.05, 0.1) is 0 Å². The predicted molar refractivity (Wildman–Crippen MR) is 50.5 cm³/mol. The van der Waals surface area contributed by atoms with Crippen LogP contribution < -0.4 is 0 Å². The lowest BCUT2D eigenvalue weighted by molar-refractivity contribution is 0.346. The molecule has 0 heterocycles. The predicted octanol–water partition coefficient (Wildman–Crippen LogP) is 3.70. The Hall–Kier alpha value is -0.520. The molecule has 0 amide bonds. The van der Waals surface area contributed by atoms with Gasteiger partial charge in [-0.3, -0.25) is 0 Å². The summed E-state index contributed by atoms with van der Waals surface area (Å²) < 4.78 is 0. The Morgan fingerprint density at radius 1 is 1.36 bits per heavy atom. The smallest absolute Gasteiger partial charge is 0 e. The first-order valence-corrected chi connectivity index (χ1v) is 4.64.